The Bertz CT molecular complexity index is 1500. The highest BCUT2D eigenvalue weighted by atomic mass is 19.4. The molecule has 0 saturated heterocycles. The van der Waals surface area contributed by atoms with E-state index in [1.807, 2.05) is 6.92 Å². The highest BCUT2D eigenvalue weighted by Crippen LogP contribution is 2.36. The maximum absolute atomic E-state index is 13.3. The Morgan fingerprint density at radius 1 is 0.675 bits per heavy atom. The van der Waals surface area contributed by atoms with Gasteiger partial charge in [-0.3, -0.25) is 4.79 Å². The van der Waals surface area contributed by atoms with Gasteiger partial charge in [0.05, 0.1) is 11.1 Å². The molecule has 0 unspecified atom stereocenters. The molecule has 0 aliphatic heterocycles. The Morgan fingerprint density at radius 2 is 1.10 bits per heavy atom. The van der Waals surface area contributed by atoms with Gasteiger partial charge in [0.2, 0.25) is 0 Å². The van der Waals surface area contributed by atoms with Crippen molar-refractivity contribution >= 4 is 17.9 Å². The predicted molar refractivity (Wildman–Crippen MR) is 138 cm³/mol. The zero-order chi connectivity index (χ0) is 28.7. The van der Waals surface area contributed by atoms with Gasteiger partial charge in [-0.15, -0.1) is 0 Å². The normalized spacial score (nSPS) is 18.6. The number of carbonyl (C=O) groups excluding carboxylic acids is 1. The first-order chi connectivity index (χ1) is 18.9. The van der Waals surface area contributed by atoms with Crippen LogP contribution >= 0.6 is 0 Å². The molecule has 0 atom stereocenters. The second kappa shape index (κ2) is 10.4. The summed E-state index contributed by atoms with van der Waals surface area (Å²) in [6, 6.07) is 15.9. The summed E-state index contributed by atoms with van der Waals surface area (Å²) in [5.41, 5.74) is -0.113. The largest absolute Gasteiger partial charge is 0.457 e. The van der Waals surface area contributed by atoms with E-state index in [0.29, 0.717) is 35.5 Å². The quantitative estimate of drug-likeness (QED) is 0.186. The number of Topliss-reactive ketones (excluding diaryl/α,β-unsaturated/α-hetero) is 1. The van der Waals surface area contributed by atoms with Crippen molar-refractivity contribution < 1.29 is 40.0 Å². The lowest BCUT2D eigenvalue weighted by atomic mass is 9.81. The van der Waals surface area contributed by atoms with Crippen LogP contribution in [0.2, 0.25) is 0 Å². The minimum Gasteiger partial charge on any atom is -0.457 e. The van der Waals surface area contributed by atoms with Crippen LogP contribution in [-0.4, -0.2) is 5.78 Å². The van der Waals surface area contributed by atoms with Crippen LogP contribution in [0.25, 0.3) is 34.8 Å². The molecule has 5 rings (SSSR count). The Hall–Kier alpha value is -4.27. The van der Waals surface area contributed by atoms with Gasteiger partial charge in [0.1, 0.15) is 23.0 Å². The number of furan rings is 2. The molecule has 2 aromatic heterocycles. The van der Waals surface area contributed by atoms with E-state index in [1.54, 1.807) is 36.4 Å². The highest BCUT2D eigenvalue weighted by Gasteiger charge is 2.32. The SMILES string of the molecule is CC1C/C(=C\c2ccc(-c3cccc(C(F)(F)F)c3)o2)C(=O)/C(=C/c2ccc(-c3cccc(C(F)(F)F)c3)o2)C1. The second-order valence-electron chi connectivity index (χ2n) is 9.74. The van der Waals surface area contributed by atoms with Crippen molar-refractivity contribution in [3.63, 3.8) is 0 Å². The van der Waals surface area contributed by atoms with Gasteiger partial charge in [-0.05, 0) is 79.4 Å². The van der Waals surface area contributed by atoms with E-state index in [9.17, 15) is 31.1 Å². The number of rotatable bonds is 4. The minimum absolute atomic E-state index is 0.103. The molecule has 0 radical (unpaired) electrons. The van der Waals surface area contributed by atoms with Crippen molar-refractivity contribution in [2.24, 2.45) is 5.92 Å². The summed E-state index contributed by atoms with van der Waals surface area (Å²) in [4.78, 5) is 13.3. The maximum Gasteiger partial charge on any atom is 0.416 e. The average Bonchev–Trinajstić information content (AvgIpc) is 3.56. The third-order valence-electron chi connectivity index (χ3n) is 6.56. The Morgan fingerprint density at radius 3 is 1.50 bits per heavy atom. The van der Waals surface area contributed by atoms with E-state index in [1.165, 1.54) is 24.3 Å². The molecule has 1 aliphatic rings. The molecule has 2 aromatic carbocycles. The summed E-state index contributed by atoms with van der Waals surface area (Å²) < 4.78 is 90.0. The third kappa shape index (κ3) is 5.98. The Kier molecular flexibility index (Phi) is 7.08. The van der Waals surface area contributed by atoms with Crippen molar-refractivity contribution in [2.75, 3.05) is 0 Å². The summed E-state index contributed by atoms with van der Waals surface area (Å²) in [5, 5.41) is 0. The number of hydrogen-bond donors (Lipinski definition) is 0. The van der Waals surface area contributed by atoms with E-state index in [-0.39, 0.29) is 34.3 Å². The van der Waals surface area contributed by atoms with Crippen molar-refractivity contribution in [2.45, 2.75) is 32.1 Å². The van der Waals surface area contributed by atoms with E-state index in [0.717, 1.165) is 24.3 Å². The number of ketones is 1. The molecule has 0 spiro atoms. The first kappa shape index (κ1) is 27.3. The van der Waals surface area contributed by atoms with Gasteiger partial charge in [0.15, 0.2) is 5.78 Å². The molecule has 1 saturated carbocycles. The van der Waals surface area contributed by atoms with E-state index in [2.05, 4.69) is 0 Å². The molecule has 3 nitrogen and oxygen atoms in total. The highest BCUT2D eigenvalue weighted by molar-refractivity contribution is 6.13. The van der Waals surface area contributed by atoms with E-state index < -0.39 is 23.5 Å². The van der Waals surface area contributed by atoms with Crippen LogP contribution < -0.4 is 0 Å². The molecular formula is C31H22F6O3. The summed E-state index contributed by atoms with van der Waals surface area (Å²) in [5.74, 6) is 1.01. The Labute approximate surface area is 225 Å². The second-order valence-corrected chi connectivity index (χ2v) is 9.74. The fourth-order valence-electron chi connectivity index (χ4n) is 4.68. The molecule has 2 heterocycles. The number of allylic oxidation sites excluding steroid dienone is 2. The lowest BCUT2D eigenvalue weighted by Crippen LogP contribution is -2.18. The Balaban J connectivity index is 1.38. The van der Waals surface area contributed by atoms with Crippen LogP contribution in [0.3, 0.4) is 0 Å². The van der Waals surface area contributed by atoms with Crippen LogP contribution in [0.15, 0.2) is 92.8 Å². The first-order valence-electron chi connectivity index (χ1n) is 12.4. The fraction of sp³-hybridized carbons (Fsp3) is 0.194. The molecule has 1 aliphatic carbocycles. The molecule has 0 amide bonds. The monoisotopic (exact) mass is 556 g/mol. The first-order valence-corrected chi connectivity index (χ1v) is 12.4. The predicted octanol–water partition coefficient (Wildman–Crippen LogP) is 9.71. The van der Waals surface area contributed by atoms with Crippen molar-refractivity contribution in [3.05, 3.63) is 107 Å². The molecule has 4 aromatic rings. The van der Waals surface area contributed by atoms with E-state index >= 15 is 0 Å². The number of halogens is 6. The lowest BCUT2D eigenvalue weighted by molar-refractivity contribution is -0.138. The summed E-state index contributed by atoms with van der Waals surface area (Å²) in [6.45, 7) is 1.97. The smallest absolute Gasteiger partial charge is 0.416 e. The van der Waals surface area contributed by atoms with Gasteiger partial charge in [0.25, 0.3) is 0 Å². The lowest BCUT2D eigenvalue weighted by Gasteiger charge is -2.22. The van der Waals surface area contributed by atoms with Gasteiger partial charge in [-0.25, -0.2) is 0 Å². The van der Waals surface area contributed by atoms with E-state index in [4.69, 9.17) is 8.83 Å². The third-order valence-corrected chi connectivity index (χ3v) is 6.56. The zero-order valence-electron chi connectivity index (χ0n) is 21.1. The van der Waals surface area contributed by atoms with Crippen molar-refractivity contribution in [3.8, 4) is 22.6 Å². The minimum atomic E-state index is -4.48. The molecule has 206 valence electrons. The van der Waals surface area contributed by atoms with Gasteiger partial charge in [0, 0.05) is 22.3 Å². The van der Waals surface area contributed by atoms with Crippen LogP contribution in [0, 0.1) is 5.92 Å². The van der Waals surface area contributed by atoms with Gasteiger partial charge < -0.3 is 8.83 Å². The number of carbonyl (C=O) groups is 1. The molecule has 0 bridgehead atoms. The van der Waals surface area contributed by atoms with Crippen molar-refractivity contribution in [1.29, 1.82) is 0 Å². The van der Waals surface area contributed by atoms with Crippen LogP contribution in [0.1, 0.15) is 42.4 Å². The molecule has 1 fully saturated rings. The zero-order valence-corrected chi connectivity index (χ0v) is 21.1. The summed E-state index contributed by atoms with van der Waals surface area (Å²) in [6.07, 6.45) is -4.85. The number of hydrogen-bond acceptors (Lipinski definition) is 3. The molecule has 9 heteroatoms. The van der Waals surface area contributed by atoms with Crippen LogP contribution in [0.4, 0.5) is 26.3 Å². The van der Waals surface area contributed by atoms with Crippen molar-refractivity contribution in [1.82, 2.24) is 0 Å². The molecule has 0 N–H and O–H groups in total. The fourth-order valence-corrected chi connectivity index (χ4v) is 4.68. The number of benzene rings is 2. The van der Waals surface area contributed by atoms with Gasteiger partial charge in [-0.2, -0.15) is 26.3 Å². The average molecular weight is 557 g/mol. The molecule has 40 heavy (non-hydrogen) atoms. The summed E-state index contributed by atoms with van der Waals surface area (Å²) >= 11 is 0. The van der Waals surface area contributed by atoms with Gasteiger partial charge in [-0.1, -0.05) is 31.2 Å². The van der Waals surface area contributed by atoms with Gasteiger partial charge >= 0.3 is 12.4 Å². The topological polar surface area (TPSA) is 43.4 Å². The van der Waals surface area contributed by atoms with Crippen LogP contribution in [-0.2, 0) is 17.1 Å². The number of alkyl halides is 6. The summed E-state index contributed by atoms with van der Waals surface area (Å²) in [7, 11) is 0. The maximum atomic E-state index is 13.3. The standard InChI is InChI=1S/C31H22F6O3/c1-18-12-21(16-25-8-10-27(39-25)19-4-2-6-23(14-19)30(32,33)34)29(38)22(13-18)17-26-9-11-28(40-26)20-5-3-7-24(15-20)31(35,36)37/h2-11,14-18H,12-13H2,1H3/b21-16+,22-17+. The molecular weight excluding hydrogens is 534 g/mol. The van der Waals surface area contributed by atoms with Crippen LogP contribution in [0.5, 0.6) is 0 Å².